The lowest BCUT2D eigenvalue weighted by Gasteiger charge is -2.22. The van der Waals surface area contributed by atoms with Gasteiger partial charge in [0.05, 0.1) is 12.3 Å². The third-order valence-corrected chi connectivity index (χ3v) is 3.06. The first-order valence-corrected chi connectivity index (χ1v) is 6.19. The van der Waals surface area contributed by atoms with Crippen LogP contribution in [0, 0.1) is 5.82 Å². The molecule has 0 aliphatic carbocycles. The van der Waals surface area contributed by atoms with Crippen LogP contribution in [0.4, 0.5) is 10.3 Å². The molecule has 18 heavy (non-hydrogen) atoms. The van der Waals surface area contributed by atoms with E-state index in [4.69, 9.17) is 4.74 Å². The molecule has 0 amide bonds. The van der Waals surface area contributed by atoms with Gasteiger partial charge in [0.15, 0.2) is 5.65 Å². The topological polar surface area (TPSA) is 51.5 Å². The van der Waals surface area contributed by atoms with E-state index in [2.05, 4.69) is 15.4 Å². The molecule has 0 radical (unpaired) electrons. The molecule has 0 saturated carbocycles. The molecule has 1 atom stereocenters. The quantitative estimate of drug-likeness (QED) is 0.903. The van der Waals surface area contributed by atoms with Crippen molar-refractivity contribution in [2.75, 3.05) is 18.5 Å². The summed E-state index contributed by atoms with van der Waals surface area (Å²) in [5, 5.41) is 7.29. The van der Waals surface area contributed by atoms with E-state index in [9.17, 15) is 4.39 Å². The molecular formula is C12H15FN4O. The van der Waals surface area contributed by atoms with Crippen molar-refractivity contribution < 1.29 is 9.13 Å². The molecule has 1 unspecified atom stereocenters. The van der Waals surface area contributed by atoms with Crippen molar-refractivity contribution in [3.63, 3.8) is 0 Å². The Balaban J connectivity index is 1.67. The fourth-order valence-corrected chi connectivity index (χ4v) is 2.11. The van der Waals surface area contributed by atoms with Gasteiger partial charge in [0, 0.05) is 13.2 Å². The van der Waals surface area contributed by atoms with Crippen LogP contribution in [-0.2, 0) is 4.74 Å². The summed E-state index contributed by atoms with van der Waals surface area (Å²) in [6.45, 7) is 1.52. The van der Waals surface area contributed by atoms with Crippen molar-refractivity contribution in [2.45, 2.75) is 25.4 Å². The molecule has 2 aromatic heterocycles. The molecule has 2 aromatic rings. The Labute approximate surface area is 104 Å². The summed E-state index contributed by atoms with van der Waals surface area (Å²) in [6.07, 6.45) is 4.94. The highest BCUT2D eigenvalue weighted by molar-refractivity contribution is 5.43. The van der Waals surface area contributed by atoms with Crippen LogP contribution in [0.15, 0.2) is 18.3 Å². The van der Waals surface area contributed by atoms with Crippen LogP contribution in [0.2, 0.25) is 0 Å². The maximum Gasteiger partial charge on any atom is 0.243 e. The number of rotatable bonds is 3. The molecule has 1 aliphatic heterocycles. The Hall–Kier alpha value is -1.69. The highest BCUT2D eigenvalue weighted by Crippen LogP contribution is 2.13. The molecule has 1 N–H and O–H groups in total. The van der Waals surface area contributed by atoms with Crippen LogP contribution in [0.5, 0.6) is 0 Å². The lowest BCUT2D eigenvalue weighted by Crippen LogP contribution is -2.27. The second-order valence-corrected chi connectivity index (χ2v) is 4.45. The molecule has 96 valence electrons. The molecule has 0 bridgehead atoms. The second kappa shape index (κ2) is 4.89. The summed E-state index contributed by atoms with van der Waals surface area (Å²) < 4.78 is 20.0. The minimum Gasteiger partial charge on any atom is -0.376 e. The Morgan fingerprint density at radius 1 is 1.44 bits per heavy atom. The molecule has 1 aliphatic rings. The average molecular weight is 250 g/mol. The summed E-state index contributed by atoms with van der Waals surface area (Å²) >= 11 is 0. The van der Waals surface area contributed by atoms with Crippen molar-refractivity contribution in [2.24, 2.45) is 0 Å². The minimum absolute atomic E-state index is 0.224. The van der Waals surface area contributed by atoms with Crippen LogP contribution in [0.3, 0.4) is 0 Å². The Bertz CT molecular complexity index is 536. The predicted molar refractivity (Wildman–Crippen MR) is 65.0 cm³/mol. The summed E-state index contributed by atoms with van der Waals surface area (Å²) in [5.74, 6) is 0.185. The zero-order chi connectivity index (χ0) is 12.4. The fraction of sp³-hybridized carbons (Fsp3) is 0.500. The molecule has 1 saturated heterocycles. The van der Waals surface area contributed by atoms with Gasteiger partial charge < -0.3 is 10.1 Å². The highest BCUT2D eigenvalue weighted by Gasteiger charge is 2.14. The summed E-state index contributed by atoms with van der Waals surface area (Å²) in [5.41, 5.74) is 0.628. The van der Waals surface area contributed by atoms with Gasteiger partial charge in [0.2, 0.25) is 5.95 Å². The van der Waals surface area contributed by atoms with E-state index in [1.807, 2.05) is 0 Å². The number of ether oxygens (including phenoxy) is 1. The van der Waals surface area contributed by atoms with Crippen LogP contribution in [-0.4, -0.2) is 33.9 Å². The molecule has 3 heterocycles. The van der Waals surface area contributed by atoms with E-state index in [0.29, 0.717) is 18.1 Å². The molecule has 0 aromatic carbocycles. The smallest absolute Gasteiger partial charge is 0.243 e. The summed E-state index contributed by atoms with van der Waals surface area (Å²) in [4.78, 5) is 4.26. The number of nitrogens with one attached hydrogen (secondary N) is 1. The van der Waals surface area contributed by atoms with Gasteiger partial charge >= 0.3 is 0 Å². The van der Waals surface area contributed by atoms with Gasteiger partial charge in [0.1, 0.15) is 5.82 Å². The number of nitrogens with zero attached hydrogens (tertiary/aromatic N) is 3. The number of anilines is 1. The van der Waals surface area contributed by atoms with Crippen LogP contribution >= 0.6 is 0 Å². The first kappa shape index (κ1) is 11.4. The second-order valence-electron chi connectivity index (χ2n) is 4.45. The van der Waals surface area contributed by atoms with Gasteiger partial charge in [-0.3, -0.25) is 0 Å². The summed E-state index contributed by atoms with van der Waals surface area (Å²) in [7, 11) is 0. The van der Waals surface area contributed by atoms with Crippen molar-refractivity contribution >= 4 is 11.6 Å². The van der Waals surface area contributed by atoms with E-state index in [1.165, 1.54) is 23.2 Å². The highest BCUT2D eigenvalue weighted by atomic mass is 19.1. The maximum absolute atomic E-state index is 13.0. The Kier molecular flexibility index (Phi) is 3.10. The van der Waals surface area contributed by atoms with Gasteiger partial charge in [-0.25, -0.2) is 8.91 Å². The molecule has 0 spiro atoms. The van der Waals surface area contributed by atoms with Gasteiger partial charge in [-0.15, -0.1) is 5.10 Å². The third kappa shape index (κ3) is 2.43. The average Bonchev–Trinajstić information content (AvgIpc) is 2.79. The number of pyridine rings is 1. The normalized spacial score (nSPS) is 20.2. The van der Waals surface area contributed by atoms with Crippen molar-refractivity contribution in [3.8, 4) is 0 Å². The van der Waals surface area contributed by atoms with Crippen molar-refractivity contribution in [1.29, 1.82) is 0 Å². The van der Waals surface area contributed by atoms with Crippen LogP contribution < -0.4 is 5.32 Å². The lowest BCUT2D eigenvalue weighted by molar-refractivity contribution is 0.0247. The number of hydrogen-bond donors (Lipinski definition) is 1. The fourth-order valence-electron chi connectivity index (χ4n) is 2.11. The monoisotopic (exact) mass is 250 g/mol. The van der Waals surface area contributed by atoms with Gasteiger partial charge in [0.25, 0.3) is 0 Å². The maximum atomic E-state index is 13.0. The molecule has 3 rings (SSSR count). The number of halogens is 1. The lowest BCUT2D eigenvalue weighted by atomic mass is 10.1. The number of hydrogen-bond acceptors (Lipinski definition) is 4. The van der Waals surface area contributed by atoms with E-state index >= 15 is 0 Å². The zero-order valence-electron chi connectivity index (χ0n) is 9.97. The first-order valence-electron chi connectivity index (χ1n) is 6.19. The van der Waals surface area contributed by atoms with E-state index in [-0.39, 0.29) is 11.9 Å². The molecule has 5 nitrogen and oxygen atoms in total. The zero-order valence-corrected chi connectivity index (χ0v) is 9.97. The standard InChI is InChI=1S/C12H15FN4O/c13-9-4-5-11-15-12(16-17(11)8-9)14-7-10-3-1-2-6-18-10/h4-5,8,10H,1-3,6-7H2,(H,14,16). The minimum atomic E-state index is -0.324. The SMILES string of the molecule is Fc1ccc2nc(NCC3CCCCO3)nn2c1. The summed E-state index contributed by atoms with van der Waals surface area (Å²) in [6, 6.07) is 2.97. The predicted octanol–water partition coefficient (Wildman–Crippen LogP) is 1.85. The molecule has 6 heteroatoms. The first-order chi connectivity index (χ1) is 8.81. The van der Waals surface area contributed by atoms with Crippen molar-refractivity contribution in [1.82, 2.24) is 14.6 Å². The van der Waals surface area contributed by atoms with E-state index in [1.54, 1.807) is 6.07 Å². The van der Waals surface area contributed by atoms with E-state index < -0.39 is 0 Å². The van der Waals surface area contributed by atoms with Crippen LogP contribution in [0.25, 0.3) is 5.65 Å². The number of fused-ring (bicyclic) bond motifs is 1. The number of aromatic nitrogens is 3. The van der Waals surface area contributed by atoms with Gasteiger partial charge in [-0.2, -0.15) is 4.98 Å². The van der Waals surface area contributed by atoms with Gasteiger partial charge in [-0.1, -0.05) is 0 Å². The Morgan fingerprint density at radius 3 is 3.22 bits per heavy atom. The molecular weight excluding hydrogens is 235 g/mol. The third-order valence-electron chi connectivity index (χ3n) is 3.06. The van der Waals surface area contributed by atoms with Gasteiger partial charge in [-0.05, 0) is 31.4 Å². The molecule has 1 fully saturated rings. The Morgan fingerprint density at radius 2 is 2.39 bits per heavy atom. The van der Waals surface area contributed by atoms with Crippen LogP contribution in [0.1, 0.15) is 19.3 Å². The largest absolute Gasteiger partial charge is 0.376 e. The van der Waals surface area contributed by atoms with E-state index in [0.717, 1.165) is 19.4 Å². The van der Waals surface area contributed by atoms with Crippen molar-refractivity contribution in [3.05, 3.63) is 24.1 Å².